The number of amides is 1. The van der Waals surface area contributed by atoms with Gasteiger partial charge >= 0.3 is 5.97 Å². The monoisotopic (exact) mass is 347 g/mol. The zero-order valence-electron chi connectivity index (χ0n) is 14.9. The van der Waals surface area contributed by atoms with E-state index in [1.807, 2.05) is 0 Å². The van der Waals surface area contributed by atoms with Crippen molar-refractivity contribution in [2.45, 2.75) is 47.1 Å². The first-order valence-electron chi connectivity index (χ1n) is 7.89. The molecule has 8 heteroatoms. The van der Waals surface area contributed by atoms with Crippen molar-refractivity contribution in [1.82, 2.24) is 10.1 Å². The first kappa shape index (κ1) is 18.4. The number of H-pyrrole nitrogens is 1. The van der Waals surface area contributed by atoms with Crippen LogP contribution in [0, 0.1) is 20.8 Å². The third-order valence-corrected chi connectivity index (χ3v) is 3.79. The van der Waals surface area contributed by atoms with Gasteiger partial charge in [-0.2, -0.15) is 0 Å². The quantitative estimate of drug-likeness (QED) is 0.613. The van der Waals surface area contributed by atoms with Gasteiger partial charge in [0.05, 0.1) is 0 Å². The third-order valence-electron chi connectivity index (χ3n) is 3.79. The summed E-state index contributed by atoms with van der Waals surface area (Å²) in [5, 5.41) is 6.20. The Kier molecular flexibility index (Phi) is 5.41. The molecule has 0 aliphatic carbocycles. The Bertz CT molecular complexity index is 818. The molecule has 0 aliphatic heterocycles. The second-order valence-electron chi connectivity index (χ2n) is 5.80. The highest BCUT2D eigenvalue weighted by Gasteiger charge is 2.26. The first-order chi connectivity index (χ1) is 11.7. The van der Waals surface area contributed by atoms with Crippen LogP contribution in [0.2, 0.25) is 0 Å². The van der Waals surface area contributed by atoms with Gasteiger partial charge in [0.15, 0.2) is 17.7 Å². The van der Waals surface area contributed by atoms with Crippen molar-refractivity contribution in [2.24, 2.45) is 0 Å². The number of esters is 1. The van der Waals surface area contributed by atoms with E-state index in [-0.39, 0.29) is 23.7 Å². The number of aromatic amines is 1. The van der Waals surface area contributed by atoms with Crippen molar-refractivity contribution < 1.29 is 23.6 Å². The molecule has 2 aromatic rings. The lowest BCUT2D eigenvalue weighted by Gasteiger charge is -2.15. The van der Waals surface area contributed by atoms with Gasteiger partial charge in [-0.05, 0) is 39.7 Å². The molecule has 0 radical (unpaired) electrons. The Labute approximate surface area is 144 Å². The fourth-order valence-electron chi connectivity index (χ4n) is 2.62. The Morgan fingerprint density at radius 1 is 1.32 bits per heavy atom. The SMILES string of the molecule is CC[C@@H](OC(=O)c1[nH]c(C)c(C(C)=O)c1C)C(=O)Nc1cc(C)on1. The van der Waals surface area contributed by atoms with E-state index in [9.17, 15) is 14.4 Å². The minimum absolute atomic E-state index is 0.142. The van der Waals surface area contributed by atoms with E-state index in [1.54, 1.807) is 33.8 Å². The van der Waals surface area contributed by atoms with Crippen molar-refractivity contribution in [3.8, 4) is 0 Å². The summed E-state index contributed by atoms with van der Waals surface area (Å²) in [5.74, 6) is -0.530. The first-order valence-corrected chi connectivity index (χ1v) is 7.89. The van der Waals surface area contributed by atoms with Gasteiger partial charge in [0, 0.05) is 17.3 Å². The lowest BCUT2D eigenvalue weighted by Crippen LogP contribution is -2.32. The summed E-state index contributed by atoms with van der Waals surface area (Å²) in [6.07, 6.45) is -0.708. The molecule has 0 spiro atoms. The molecule has 2 aromatic heterocycles. The summed E-state index contributed by atoms with van der Waals surface area (Å²) in [5.41, 5.74) is 1.73. The molecule has 1 amide bonds. The van der Waals surface area contributed by atoms with Crippen molar-refractivity contribution in [3.05, 3.63) is 34.3 Å². The second-order valence-corrected chi connectivity index (χ2v) is 5.80. The van der Waals surface area contributed by atoms with E-state index in [0.29, 0.717) is 22.6 Å². The van der Waals surface area contributed by atoms with E-state index in [1.165, 1.54) is 6.92 Å². The van der Waals surface area contributed by atoms with Crippen LogP contribution in [0.5, 0.6) is 0 Å². The summed E-state index contributed by atoms with van der Waals surface area (Å²) in [6.45, 7) is 8.22. The molecule has 0 aromatic carbocycles. The number of aromatic nitrogens is 2. The maximum atomic E-state index is 12.4. The summed E-state index contributed by atoms with van der Waals surface area (Å²) in [6, 6.07) is 1.56. The molecule has 0 fully saturated rings. The van der Waals surface area contributed by atoms with Gasteiger partial charge in [0.2, 0.25) is 0 Å². The molecule has 0 bridgehead atoms. The topological polar surface area (TPSA) is 114 Å². The van der Waals surface area contributed by atoms with Gasteiger partial charge in [-0.3, -0.25) is 9.59 Å². The van der Waals surface area contributed by atoms with Crippen LogP contribution < -0.4 is 5.32 Å². The second kappa shape index (κ2) is 7.33. The largest absolute Gasteiger partial charge is 0.448 e. The number of anilines is 1. The Morgan fingerprint density at radius 2 is 2.00 bits per heavy atom. The normalized spacial score (nSPS) is 11.9. The number of Topliss-reactive ketones (excluding diaryl/α,β-unsaturated/α-hetero) is 1. The number of hydrogen-bond donors (Lipinski definition) is 2. The van der Waals surface area contributed by atoms with Crippen LogP contribution >= 0.6 is 0 Å². The van der Waals surface area contributed by atoms with Gasteiger partial charge in [0.25, 0.3) is 5.91 Å². The van der Waals surface area contributed by atoms with E-state index < -0.39 is 18.0 Å². The van der Waals surface area contributed by atoms with Crippen LogP contribution in [0.3, 0.4) is 0 Å². The van der Waals surface area contributed by atoms with Crippen LogP contribution in [0.1, 0.15) is 58.1 Å². The number of carbonyl (C=O) groups excluding carboxylic acids is 3. The summed E-state index contributed by atoms with van der Waals surface area (Å²) in [7, 11) is 0. The fourth-order valence-corrected chi connectivity index (χ4v) is 2.62. The molecule has 2 rings (SSSR count). The Balaban J connectivity index is 2.13. The fraction of sp³-hybridized carbons (Fsp3) is 0.412. The average Bonchev–Trinajstić information content (AvgIpc) is 3.07. The molecule has 0 saturated carbocycles. The van der Waals surface area contributed by atoms with Crippen molar-refractivity contribution in [3.63, 3.8) is 0 Å². The van der Waals surface area contributed by atoms with Crippen molar-refractivity contribution >= 4 is 23.5 Å². The molecule has 25 heavy (non-hydrogen) atoms. The van der Waals surface area contributed by atoms with Crippen molar-refractivity contribution in [1.29, 1.82) is 0 Å². The number of ether oxygens (including phenoxy) is 1. The molecule has 0 aliphatic rings. The molecule has 0 saturated heterocycles. The van der Waals surface area contributed by atoms with Gasteiger partial charge in [-0.15, -0.1) is 0 Å². The average molecular weight is 347 g/mol. The van der Waals surface area contributed by atoms with Crippen LogP contribution in [-0.2, 0) is 9.53 Å². The van der Waals surface area contributed by atoms with E-state index in [4.69, 9.17) is 9.26 Å². The lowest BCUT2D eigenvalue weighted by molar-refractivity contribution is -0.124. The van der Waals surface area contributed by atoms with Gasteiger partial charge < -0.3 is 19.6 Å². The molecular weight excluding hydrogens is 326 g/mol. The molecule has 1 atom stereocenters. The molecule has 8 nitrogen and oxygen atoms in total. The standard InChI is InChI=1S/C17H21N3O5/c1-6-12(16(22)19-13-7-8(2)25-20-13)24-17(23)15-9(3)14(11(5)21)10(4)18-15/h7,12,18H,6H2,1-5H3,(H,19,20,22)/t12-/m1/s1. The highest BCUT2D eigenvalue weighted by atomic mass is 16.5. The lowest BCUT2D eigenvalue weighted by atomic mass is 10.1. The number of ketones is 1. The number of nitrogens with zero attached hydrogens (tertiary/aromatic N) is 1. The maximum absolute atomic E-state index is 12.4. The molecule has 2 N–H and O–H groups in total. The van der Waals surface area contributed by atoms with Crippen LogP contribution in [0.4, 0.5) is 5.82 Å². The maximum Gasteiger partial charge on any atom is 0.355 e. The predicted octanol–water partition coefficient (Wildman–Crippen LogP) is 2.70. The number of hydrogen-bond acceptors (Lipinski definition) is 6. The van der Waals surface area contributed by atoms with E-state index in [2.05, 4.69) is 15.5 Å². The highest BCUT2D eigenvalue weighted by Crippen LogP contribution is 2.20. The van der Waals surface area contributed by atoms with E-state index in [0.717, 1.165) is 0 Å². The van der Waals surface area contributed by atoms with Gasteiger partial charge in [-0.25, -0.2) is 4.79 Å². The molecule has 2 heterocycles. The minimum Gasteiger partial charge on any atom is -0.448 e. The van der Waals surface area contributed by atoms with Crippen LogP contribution in [0.25, 0.3) is 0 Å². The predicted molar refractivity (Wildman–Crippen MR) is 89.6 cm³/mol. The van der Waals surface area contributed by atoms with Crippen molar-refractivity contribution in [2.75, 3.05) is 5.32 Å². The summed E-state index contributed by atoms with van der Waals surface area (Å²) >= 11 is 0. The summed E-state index contributed by atoms with van der Waals surface area (Å²) < 4.78 is 10.2. The van der Waals surface area contributed by atoms with Crippen LogP contribution in [-0.4, -0.2) is 33.9 Å². The van der Waals surface area contributed by atoms with Crippen LogP contribution in [0.15, 0.2) is 10.6 Å². The Hall–Kier alpha value is -2.90. The number of nitrogens with one attached hydrogen (secondary N) is 2. The molecule has 134 valence electrons. The zero-order chi connectivity index (χ0) is 18.7. The zero-order valence-corrected chi connectivity index (χ0v) is 14.9. The summed E-state index contributed by atoms with van der Waals surface area (Å²) in [4.78, 5) is 39.2. The van der Waals surface area contributed by atoms with Gasteiger partial charge in [0.1, 0.15) is 11.5 Å². The number of rotatable bonds is 6. The third kappa shape index (κ3) is 3.96. The molecular formula is C17H21N3O5. The minimum atomic E-state index is -0.992. The van der Waals surface area contributed by atoms with Gasteiger partial charge in [-0.1, -0.05) is 12.1 Å². The highest BCUT2D eigenvalue weighted by molar-refractivity contribution is 6.02. The Morgan fingerprint density at radius 3 is 2.48 bits per heavy atom. The van der Waals surface area contributed by atoms with E-state index >= 15 is 0 Å². The number of aryl methyl sites for hydroxylation is 2. The number of carbonyl (C=O) groups is 3. The molecule has 0 unspecified atom stereocenters. The smallest absolute Gasteiger partial charge is 0.355 e.